The highest BCUT2D eigenvalue weighted by Gasteiger charge is 2.17. The van der Waals surface area contributed by atoms with Crippen molar-refractivity contribution in [1.29, 1.82) is 5.26 Å². The molecule has 7 heteroatoms. The molecule has 2 aromatic heterocycles. The number of rotatable bonds is 2. The topological polar surface area (TPSA) is 105 Å². The van der Waals surface area contributed by atoms with Crippen LogP contribution in [0.25, 0.3) is 6.01 Å². The van der Waals surface area contributed by atoms with Crippen LogP contribution in [0.4, 0.5) is 0 Å². The number of carboxylic acids is 1. The molecule has 1 N–H and O–H groups in total. The molecule has 2 aromatic rings. The van der Waals surface area contributed by atoms with Crippen molar-refractivity contribution in [1.82, 2.24) is 14.8 Å². The van der Waals surface area contributed by atoms with Crippen molar-refractivity contribution in [3.05, 3.63) is 29.9 Å². The quantitative estimate of drug-likeness (QED) is 0.760. The average molecular weight is 204 g/mol. The van der Waals surface area contributed by atoms with Crippen molar-refractivity contribution in [3.8, 4) is 12.1 Å². The van der Waals surface area contributed by atoms with E-state index in [1.165, 1.54) is 12.5 Å². The summed E-state index contributed by atoms with van der Waals surface area (Å²) in [6, 6.07) is 2.89. The van der Waals surface area contributed by atoms with Gasteiger partial charge in [-0.1, -0.05) is 0 Å². The molecule has 2 heterocycles. The van der Waals surface area contributed by atoms with Crippen molar-refractivity contribution in [3.63, 3.8) is 0 Å². The molecule has 0 aliphatic carbocycles. The summed E-state index contributed by atoms with van der Waals surface area (Å²) in [5.74, 6) is -1.21. The highest BCUT2D eigenvalue weighted by Crippen LogP contribution is 2.10. The second kappa shape index (κ2) is 3.26. The minimum absolute atomic E-state index is 0.00824. The third kappa shape index (κ3) is 1.44. The summed E-state index contributed by atoms with van der Waals surface area (Å²) < 4.78 is 5.84. The molecule has 0 saturated carbocycles. The Labute approximate surface area is 83.2 Å². The van der Waals surface area contributed by atoms with E-state index in [9.17, 15) is 4.79 Å². The van der Waals surface area contributed by atoms with Crippen molar-refractivity contribution < 1.29 is 14.3 Å². The zero-order valence-corrected chi connectivity index (χ0v) is 7.28. The average Bonchev–Trinajstić information content (AvgIpc) is 2.86. The molecule has 74 valence electrons. The molecule has 0 atom stereocenters. The number of hydrogen-bond donors (Lipinski definition) is 1. The van der Waals surface area contributed by atoms with Crippen LogP contribution < -0.4 is 0 Å². The molecule has 0 fully saturated rings. The molecule has 2 rings (SSSR count). The molecule has 0 radical (unpaired) electrons. The third-order valence-corrected chi connectivity index (χ3v) is 1.64. The molecule has 0 saturated heterocycles. The lowest BCUT2D eigenvalue weighted by Gasteiger charge is -1.96. The van der Waals surface area contributed by atoms with Gasteiger partial charge in [0.25, 0.3) is 0 Å². The first-order valence-corrected chi connectivity index (χ1v) is 3.85. The Balaban J connectivity index is 2.61. The van der Waals surface area contributed by atoms with Crippen molar-refractivity contribution in [2.75, 3.05) is 0 Å². The second-order valence-corrected chi connectivity index (χ2v) is 2.56. The van der Waals surface area contributed by atoms with Crippen LogP contribution in [0, 0.1) is 11.3 Å². The maximum absolute atomic E-state index is 10.8. The standard InChI is InChI=1S/C8H4N4O3/c9-4-5-3-6(7(13)14)12(11-5)8-10-1-2-15-8/h1-3H,(H,13,14). The van der Waals surface area contributed by atoms with E-state index in [1.807, 2.05) is 0 Å². The summed E-state index contributed by atoms with van der Waals surface area (Å²) in [6.07, 6.45) is 2.64. The Morgan fingerprint density at radius 3 is 3.00 bits per heavy atom. The van der Waals surface area contributed by atoms with Gasteiger partial charge >= 0.3 is 12.0 Å². The Morgan fingerprint density at radius 1 is 1.67 bits per heavy atom. The third-order valence-electron chi connectivity index (χ3n) is 1.64. The molecule has 0 aromatic carbocycles. The van der Waals surface area contributed by atoms with Crippen LogP contribution in [0.1, 0.15) is 16.2 Å². The summed E-state index contributed by atoms with van der Waals surface area (Å²) in [5, 5.41) is 21.1. The van der Waals surface area contributed by atoms with Gasteiger partial charge in [0, 0.05) is 6.07 Å². The van der Waals surface area contributed by atoms with Crippen LogP contribution in [0.5, 0.6) is 0 Å². The largest absolute Gasteiger partial charge is 0.477 e. The number of carboxylic acid groups (broad SMARTS) is 1. The fraction of sp³-hybridized carbons (Fsp3) is 0. The molecule has 0 aliphatic heterocycles. The predicted molar refractivity (Wildman–Crippen MR) is 45.3 cm³/mol. The van der Waals surface area contributed by atoms with Gasteiger partial charge in [0.1, 0.15) is 12.3 Å². The van der Waals surface area contributed by atoms with E-state index in [1.54, 1.807) is 6.07 Å². The highest BCUT2D eigenvalue weighted by atomic mass is 16.4. The van der Waals surface area contributed by atoms with E-state index in [0.29, 0.717) is 0 Å². The maximum atomic E-state index is 10.8. The minimum atomic E-state index is -1.21. The number of nitriles is 1. The number of hydrogen-bond acceptors (Lipinski definition) is 5. The fourth-order valence-electron chi connectivity index (χ4n) is 1.05. The van der Waals surface area contributed by atoms with E-state index in [2.05, 4.69) is 10.1 Å². The molecule has 0 bridgehead atoms. The van der Waals surface area contributed by atoms with Gasteiger partial charge in [-0.25, -0.2) is 9.78 Å². The zero-order chi connectivity index (χ0) is 10.8. The first kappa shape index (κ1) is 8.96. The highest BCUT2D eigenvalue weighted by molar-refractivity contribution is 5.86. The lowest BCUT2D eigenvalue weighted by Crippen LogP contribution is -2.07. The molecule has 15 heavy (non-hydrogen) atoms. The summed E-state index contributed by atoms with van der Waals surface area (Å²) >= 11 is 0. The number of carbonyl (C=O) groups is 1. The lowest BCUT2D eigenvalue weighted by molar-refractivity contribution is 0.0685. The summed E-state index contributed by atoms with van der Waals surface area (Å²) in [6.45, 7) is 0. The smallest absolute Gasteiger partial charge is 0.354 e. The first-order valence-electron chi connectivity index (χ1n) is 3.85. The normalized spacial score (nSPS) is 9.80. The van der Waals surface area contributed by atoms with Crippen LogP contribution in [0.3, 0.4) is 0 Å². The molecule has 0 aliphatic rings. The van der Waals surface area contributed by atoms with Gasteiger partial charge in [-0.2, -0.15) is 15.0 Å². The van der Waals surface area contributed by atoms with Crippen LogP contribution >= 0.6 is 0 Å². The Hall–Kier alpha value is -2.62. The van der Waals surface area contributed by atoms with Gasteiger partial charge in [0.05, 0.1) is 6.20 Å². The Kier molecular flexibility index (Phi) is 1.95. The molecule has 0 spiro atoms. The monoisotopic (exact) mass is 204 g/mol. The van der Waals surface area contributed by atoms with E-state index in [-0.39, 0.29) is 17.4 Å². The number of aromatic nitrogens is 3. The predicted octanol–water partition coefficient (Wildman–Crippen LogP) is 0.430. The van der Waals surface area contributed by atoms with Gasteiger partial charge in [0.2, 0.25) is 0 Å². The van der Waals surface area contributed by atoms with Gasteiger partial charge in [-0.05, 0) is 0 Å². The van der Waals surface area contributed by atoms with Crippen LogP contribution in [0.15, 0.2) is 22.9 Å². The molecule has 0 unspecified atom stereocenters. The Morgan fingerprint density at radius 2 is 2.47 bits per heavy atom. The molecule has 7 nitrogen and oxygen atoms in total. The number of nitrogens with zero attached hydrogens (tertiary/aromatic N) is 4. The van der Waals surface area contributed by atoms with Crippen LogP contribution in [0.2, 0.25) is 0 Å². The van der Waals surface area contributed by atoms with E-state index < -0.39 is 5.97 Å². The molecular weight excluding hydrogens is 200 g/mol. The van der Waals surface area contributed by atoms with Gasteiger partial charge in [0.15, 0.2) is 11.4 Å². The van der Waals surface area contributed by atoms with E-state index >= 15 is 0 Å². The maximum Gasteiger partial charge on any atom is 0.354 e. The summed E-state index contributed by atoms with van der Waals surface area (Å²) in [7, 11) is 0. The lowest BCUT2D eigenvalue weighted by atomic mass is 10.4. The first-order chi connectivity index (χ1) is 7.22. The minimum Gasteiger partial charge on any atom is -0.477 e. The Bertz CT molecular complexity index is 535. The van der Waals surface area contributed by atoms with Crippen molar-refractivity contribution in [2.24, 2.45) is 0 Å². The molecular formula is C8H4N4O3. The fourth-order valence-corrected chi connectivity index (χ4v) is 1.05. The van der Waals surface area contributed by atoms with Crippen LogP contribution in [-0.2, 0) is 0 Å². The number of oxazole rings is 1. The number of aromatic carboxylic acids is 1. The van der Waals surface area contributed by atoms with Gasteiger partial charge < -0.3 is 9.52 Å². The summed E-state index contributed by atoms with van der Waals surface area (Å²) in [4.78, 5) is 14.5. The zero-order valence-electron chi connectivity index (χ0n) is 7.28. The van der Waals surface area contributed by atoms with Crippen LogP contribution in [-0.4, -0.2) is 25.8 Å². The van der Waals surface area contributed by atoms with Crippen molar-refractivity contribution in [2.45, 2.75) is 0 Å². The van der Waals surface area contributed by atoms with Gasteiger partial charge in [-0.3, -0.25) is 0 Å². The second-order valence-electron chi connectivity index (χ2n) is 2.56. The molecule has 0 amide bonds. The summed E-state index contributed by atoms with van der Waals surface area (Å²) in [5.41, 5.74) is -0.181. The SMILES string of the molecule is N#Cc1cc(C(=O)O)n(-c2ncco2)n1. The van der Waals surface area contributed by atoms with Crippen molar-refractivity contribution >= 4 is 5.97 Å². The van der Waals surface area contributed by atoms with E-state index in [4.69, 9.17) is 14.8 Å². The van der Waals surface area contributed by atoms with E-state index in [0.717, 1.165) is 10.7 Å². The van der Waals surface area contributed by atoms with Gasteiger partial charge in [-0.15, -0.1) is 0 Å².